The number of amides is 1. The van der Waals surface area contributed by atoms with Gasteiger partial charge in [0.15, 0.2) is 0 Å². The Labute approximate surface area is 162 Å². The molecule has 1 atom stereocenters. The molecular weight excluding hydrogens is 340 g/mol. The Hall–Kier alpha value is -1.88. The maximum atomic E-state index is 12.4. The quantitative estimate of drug-likeness (QED) is 0.662. The highest BCUT2D eigenvalue weighted by Gasteiger charge is 2.37. The number of carbonyl (C=O) groups is 2. The van der Waals surface area contributed by atoms with Gasteiger partial charge in [-0.2, -0.15) is 0 Å². The molecule has 5 nitrogen and oxygen atoms in total. The lowest BCUT2D eigenvalue weighted by Gasteiger charge is -2.42. The molecule has 148 valence electrons. The fourth-order valence-corrected chi connectivity index (χ4v) is 3.92. The highest BCUT2D eigenvalue weighted by molar-refractivity contribution is 5.77. The summed E-state index contributed by atoms with van der Waals surface area (Å²) in [5, 5.41) is 12.3. The van der Waals surface area contributed by atoms with E-state index in [9.17, 15) is 9.59 Å². The summed E-state index contributed by atoms with van der Waals surface area (Å²) in [7, 11) is 0. The Morgan fingerprint density at radius 3 is 2.44 bits per heavy atom. The minimum Gasteiger partial charge on any atom is -0.480 e. The predicted octanol–water partition coefficient (Wildman–Crippen LogP) is 3.19. The van der Waals surface area contributed by atoms with Crippen LogP contribution in [-0.2, 0) is 16.0 Å². The van der Waals surface area contributed by atoms with Gasteiger partial charge in [0.1, 0.15) is 0 Å². The van der Waals surface area contributed by atoms with E-state index in [1.807, 2.05) is 0 Å². The van der Waals surface area contributed by atoms with E-state index in [2.05, 4.69) is 48.3 Å². The summed E-state index contributed by atoms with van der Waals surface area (Å²) < 4.78 is 0. The molecule has 2 N–H and O–H groups in total. The predicted molar refractivity (Wildman–Crippen MR) is 106 cm³/mol. The van der Waals surface area contributed by atoms with Crippen molar-refractivity contribution in [2.24, 2.45) is 5.92 Å². The zero-order valence-corrected chi connectivity index (χ0v) is 16.5. The van der Waals surface area contributed by atoms with Crippen molar-refractivity contribution < 1.29 is 14.7 Å². The van der Waals surface area contributed by atoms with Gasteiger partial charge in [0.05, 0.1) is 6.54 Å². The average molecular weight is 373 g/mol. The van der Waals surface area contributed by atoms with Crippen molar-refractivity contribution in [1.29, 1.82) is 0 Å². The number of hydrogen-bond donors (Lipinski definition) is 2. The Morgan fingerprint density at radius 1 is 1.22 bits per heavy atom. The van der Waals surface area contributed by atoms with Crippen molar-refractivity contribution in [1.82, 2.24) is 10.2 Å². The van der Waals surface area contributed by atoms with Gasteiger partial charge in [-0.25, -0.2) is 0 Å². The van der Waals surface area contributed by atoms with Gasteiger partial charge in [-0.05, 0) is 55.1 Å². The summed E-state index contributed by atoms with van der Waals surface area (Å²) in [5.41, 5.74) is 2.51. The summed E-state index contributed by atoms with van der Waals surface area (Å²) in [5.74, 6) is 0.214. The maximum absolute atomic E-state index is 12.4. The molecule has 2 aliphatic rings. The molecule has 0 heterocycles. The summed E-state index contributed by atoms with van der Waals surface area (Å²) in [6.45, 7) is 5.24. The molecule has 5 heteroatoms. The standard InChI is InChI=1S/C22H32N2O3/c1-3-16-6-8-18(9-7-16)15(2)10-21(25)23-19-11-20(12-19)24(14-22(26)27)13-17-4-5-17/h6-9,15,17,19-20H,3-5,10-14H2,1-2H3,(H,23,25)(H,26,27). The van der Waals surface area contributed by atoms with E-state index in [0.29, 0.717) is 18.4 Å². The van der Waals surface area contributed by atoms with E-state index in [1.54, 1.807) is 0 Å². The van der Waals surface area contributed by atoms with Gasteiger partial charge in [-0.15, -0.1) is 0 Å². The number of rotatable bonds is 10. The van der Waals surface area contributed by atoms with Crippen LogP contribution in [-0.4, -0.2) is 47.1 Å². The van der Waals surface area contributed by atoms with Crippen LogP contribution in [0.25, 0.3) is 0 Å². The number of benzene rings is 1. The van der Waals surface area contributed by atoms with Crippen LogP contribution in [0.4, 0.5) is 0 Å². The topological polar surface area (TPSA) is 69.6 Å². The second-order valence-electron chi connectivity index (χ2n) is 8.36. The molecule has 1 unspecified atom stereocenters. The molecule has 1 aromatic rings. The van der Waals surface area contributed by atoms with Crippen molar-refractivity contribution in [3.05, 3.63) is 35.4 Å². The number of nitrogens with one attached hydrogen (secondary N) is 1. The summed E-state index contributed by atoms with van der Waals surface area (Å²) in [4.78, 5) is 25.6. The van der Waals surface area contributed by atoms with Gasteiger partial charge < -0.3 is 10.4 Å². The molecule has 2 saturated carbocycles. The lowest BCUT2D eigenvalue weighted by Crippen LogP contribution is -2.55. The Balaban J connectivity index is 1.41. The fourth-order valence-electron chi connectivity index (χ4n) is 3.92. The number of aryl methyl sites for hydroxylation is 1. The largest absolute Gasteiger partial charge is 0.480 e. The van der Waals surface area contributed by atoms with E-state index in [0.717, 1.165) is 25.8 Å². The highest BCUT2D eigenvalue weighted by Crippen LogP contribution is 2.34. The molecule has 0 aliphatic heterocycles. The Kier molecular flexibility index (Phi) is 6.53. The molecule has 2 aliphatic carbocycles. The first-order chi connectivity index (χ1) is 12.9. The van der Waals surface area contributed by atoms with E-state index in [1.165, 1.54) is 24.0 Å². The minimum atomic E-state index is -0.758. The van der Waals surface area contributed by atoms with Crippen molar-refractivity contribution in [2.45, 2.75) is 70.4 Å². The maximum Gasteiger partial charge on any atom is 0.317 e. The van der Waals surface area contributed by atoms with Crippen LogP contribution in [0.3, 0.4) is 0 Å². The molecule has 3 rings (SSSR count). The van der Waals surface area contributed by atoms with Crippen LogP contribution in [0.5, 0.6) is 0 Å². The first kappa shape index (κ1) is 19.9. The normalized spacial score (nSPS) is 22.9. The number of carboxylic acids is 1. The van der Waals surface area contributed by atoms with Gasteiger partial charge in [-0.3, -0.25) is 14.5 Å². The molecular formula is C22H32N2O3. The second-order valence-corrected chi connectivity index (χ2v) is 8.36. The van der Waals surface area contributed by atoms with Gasteiger partial charge >= 0.3 is 5.97 Å². The molecule has 27 heavy (non-hydrogen) atoms. The number of hydrogen-bond acceptors (Lipinski definition) is 3. The van der Waals surface area contributed by atoms with E-state index in [4.69, 9.17) is 5.11 Å². The van der Waals surface area contributed by atoms with Crippen LogP contribution < -0.4 is 5.32 Å². The number of carboxylic acid groups (broad SMARTS) is 1. The summed E-state index contributed by atoms with van der Waals surface area (Å²) in [6, 6.07) is 9.00. The molecule has 1 aromatic carbocycles. The number of aliphatic carboxylic acids is 1. The molecule has 0 radical (unpaired) electrons. The minimum absolute atomic E-state index is 0.0949. The third kappa shape index (κ3) is 5.80. The van der Waals surface area contributed by atoms with Crippen molar-refractivity contribution in [3.63, 3.8) is 0 Å². The smallest absolute Gasteiger partial charge is 0.317 e. The molecule has 2 fully saturated rings. The molecule has 0 spiro atoms. The summed E-state index contributed by atoms with van der Waals surface area (Å²) in [6.07, 6.45) is 5.70. The van der Waals surface area contributed by atoms with Gasteiger partial charge in [-0.1, -0.05) is 38.1 Å². The molecule has 1 amide bonds. The zero-order chi connectivity index (χ0) is 19.4. The highest BCUT2D eigenvalue weighted by atomic mass is 16.4. The van der Waals surface area contributed by atoms with Crippen LogP contribution >= 0.6 is 0 Å². The average Bonchev–Trinajstić information content (AvgIpc) is 3.41. The first-order valence-corrected chi connectivity index (χ1v) is 10.3. The summed E-state index contributed by atoms with van der Waals surface area (Å²) >= 11 is 0. The van der Waals surface area contributed by atoms with E-state index in [-0.39, 0.29) is 24.4 Å². The van der Waals surface area contributed by atoms with Crippen molar-refractivity contribution in [2.75, 3.05) is 13.1 Å². The first-order valence-electron chi connectivity index (χ1n) is 10.3. The third-order valence-electron chi connectivity index (χ3n) is 5.97. The van der Waals surface area contributed by atoms with Crippen LogP contribution in [0.15, 0.2) is 24.3 Å². The fraction of sp³-hybridized carbons (Fsp3) is 0.636. The van der Waals surface area contributed by atoms with Crippen LogP contribution in [0.1, 0.15) is 63.0 Å². The Bertz CT molecular complexity index is 648. The molecule has 0 bridgehead atoms. The zero-order valence-electron chi connectivity index (χ0n) is 16.5. The van der Waals surface area contributed by atoms with Gasteiger partial charge in [0, 0.05) is 25.0 Å². The van der Waals surface area contributed by atoms with Gasteiger partial charge in [0.25, 0.3) is 0 Å². The Morgan fingerprint density at radius 2 is 1.89 bits per heavy atom. The SMILES string of the molecule is CCc1ccc(C(C)CC(=O)NC2CC(N(CC(=O)O)CC3CC3)C2)cc1. The van der Waals surface area contributed by atoms with Crippen LogP contribution in [0.2, 0.25) is 0 Å². The molecule has 0 aromatic heterocycles. The van der Waals surface area contributed by atoms with E-state index >= 15 is 0 Å². The lowest BCUT2D eigenvalue weighted by molar-refractivity contribution is -0.140. The third-order valence-corrected chi connectivity index (χ3v) is 5.97. The van der Waals surface area contributed by atoms with Crippen molar-refractivity contribution in [3.8, 4) is 0 Å². The van der Waals surface area contributed by atoms with E-state index < -0.39 is 5.97 Å². The number of carbonyl (C=O) groups excluding carboxylic acids is 1. The van der Waals surface area contributed by atoms with Gasteiger partial charge in [0.2, 0.25) is 5.91 Å². The van der Waals surface area contributed by atoms with Crippen LogP contribution in [0, 0.1) is 5.92 Å². The number of nitrogens with zero attached hydrogens (tertiary/aromatic N) is 1. The molecule has 0 saturated heterocycles. The van der Waals surface area contributed by atoms with Crippen molar-refractivity contribution >= 4 is 11.9 Å². The monoisotopic (exact) mass is 372 g/mol. The second kappa shape index (κ2) is 8.87. The lowest BCUT2D eigenvalue weighted by atomic mass is 9.84.